The van der Waals surface area contributed by atoms with Crippen LogP contribution in [0.4, 0.5) is 0 Å². The van der Waals surface area contributed by atoms with E-state index >= 15 is 0 Å². The molecule has 1 aromatic rings. The molecule has 0 radical (unpaired) electrons. The molecule has 0 spiro atoms. The molecule has 5 heteroatoms. The van der Waals surface area contributed by atoms with Crippen LogP contribution in [-0.4, -0.2) is 29.7 Å². The van der Waals surface area contributed by atoms with Crippen molar-refractivity contribution in [2.75, 3.05) is 6.54 Å². The largest absolute Gasteiger partial charge is 0.464 e. The summed E-state index contributed by atoms with van der Waals surface area (Å²) in [5.41, 5.74) is 0. The Morgan fingerprint density at radius 3 is 2.94 bits per heavy atom. The molecule has 0 saturated carbocycles. The smallest absolute Gasteiger partial charge is 0.237 e. The maximum absolute atomic E-state index is 11.9. The molecule has 1 aliphatic rings. The monoisotopic (exact) mass is 238 g/mol. The summed E-state index contributed by atoms with van der Waals surface area (Å²) in [6.07, 6.45) is 0.0438. The lowest BCUT2D eigenvalue weighted by Crippen LogP contribution is -2.41. The van der Waals surface area contributed by atoms with E-state index in [9.17, 15) is 9.90 Å². The minimum absolute atomic E-state index is 0.0943. The Morgan fingerprint density at radius 1 is 1.65 bits per heavy atom. The van der Waals surface area contributed by atoms with Gasteiger partial charge >= 0.3 is 0 Å². The van der Waals surface area contributed by atoms with Gasteiger partial charge in [-0.2, -0.15) is 0 Å². The first-order valence-corrected chi connectivity index (χ1v) is 5.84. The van der Waals surface area contributed by atoms with E-state index in [0.717, 1.165) is 11.5 Å². The zero-order chi connectivity index (χ0) is 12.4. The third-order valence-electron chi connectivity index (χ3n) is 2.97. The molecule has 2 heterocycles. The Bertz CT molecular complexity index is 402. The van der Waals surface area contributed by atoms with E-state index < -0.39 is 6.10 Å². The van der Waals surface area contributed by atoms with Crippen LogP contribution in [-0.2, 0) is 4.79 Å². The van der Waals surface area contributed by atoms with Crippen LogP contribution in [0.3, 0.4) is 0 Å². The van der Waals surface area contributed by atoms with Crippen LogP contribution < -0.4 is 10.6 Å². The molecule has 1 saturated heterocycles. The molecular weight excluding hydrogens is 220 g/mol. The normalized spacial score (nSPS) is 25.8. The first-order valence-electron chi connectivity index (χ1n) is 5.84. The second kappa shape index (κ2) is 4.89. The van der Waals surface area contributed by atoms with Gasteiger partial charge in [0.2, 0.25) is 5.91 Å². The Labute approximate surface area is 100 Å². The second-order valence-electron chi connectivity index (χ2n) is 4.53. The summed E-state index contributed by atoms with van der Waals surface area (Å²) in [7, 11) is 0. The average molecular weight is 238 g/mol. The van der Waals surface area contributed by atoms with E-state index in [1.807, 2.05) is 26.0 Å². The fraction of sp³-hybridized carbons (Fsp3) is 0.583. The zero-order valence-corrected chi connectivity index (χ0v) is 10.1. The fourth-order valence-electron chi connectivity index (χ4n) is 1.99. The van der Waals surface area contributed by atoms with Gasteiger partial charge in [0.05, 0.1) is 18.2 Å². The van der Waals surface area contributed by atoms with Crippen LogP contribution in [0.25, 0.3) is 0 Å². The van der Waals surface area contributed by atoms with Crippen molar-refractivity contribution >= 4 is 5.91 Å². The fourth-order valence-corrected chi connectivity index (χ4v) is 1.99. The van der Waals surface area contributed by atoms with Gasteiger partial charge in [0.15, 0.2) is 0 Å². The van der Waals surface area contributed by atoms with E-state index in [0.29, 0.717) is 13.0 Å². The highest BCUT2D eigenvalue weighted by Gasteiger charge is 2.29. The zero-order valence-electron chi connectivity index (χ0n) is 10.1. The van der Waals surface area contributed by atoms with E-state index in [1.165, 1.54) is 0 Å². The van der Waals surface area contributed by atoms with Gasteiger partial charge in [-0.15, -0.1) is 0 Å². The minimum Gasteiger partial charge on any atom is -0.464 e. The van der Waals surface area contributed by atoms with Crippen LogP contribution in [0, 0.1) is 6.92 Å². The van der Waals surface area contributed by atoms with E-state index in [4.69, 9.17) is 4.42 Å². The lowest BCUT2D eigenvalue weighted by atomic mass is 10.1. The van der Waals surface area contributed by atoms with Crippen molar-refractivity contribution in [2.24, 2.45) is 0 Å². The molecule has 3 N–H and O–H groups in total. The third kappa shape index (κ3) is 2.87. The van der Waals surface area contributed by atoms with Crippen LogP contribution >= 0.6 is 0 Å². The van der Waals surface area contributed by atoms with Crippen LogP contribution in [0.1, 0.15) is 30.9 Å². The van der Waals surface area contributed by atoms with Gasteiger partial charge in [0.25, 0.3) is 0 Å². The summed E-state index contributed by atoms with van der Waals surface area (Å²) >= 11 is 0. The second-order valence-corrected chi connectivity index (χ2v) is 4.53. The van der Waals surface area contributed by atoms with Crippen molar-refractivity contribution in [1.29, 1.82) is 0 Å². The van der Waals surface area contributed by atoms with Gasteiger partial charge < -0.3 is 20.2 Å². The molecule has 1 aliphatic heterocycles. The van der Waals surface area contributed by atoms with Gasteiger partial charge in [-0.3, -0.25) is 4.79 Å². The van der Waals surface area contributed by atoms with Crippen molar-refractivity contribution < 1.29 is 14.3 Å². The van der Waals surface area contributed by atoms with Crippen molar-refractivity contribution in [2.45, 2.75) is 38.5 Å². The van der Waals surface area contributed by atoms with Gasteiger partial charge in [0.1, 0.15) is 11.5 Å². The summed E-state index contributed by atoms with van der Waals surface area (Å²) < 4.78 is 5.45. The number of rotatable bonds is 3. The first-order chi connectivity index (χ1) is 8.06. The number of aliphatic hydroxyl groups is 1. The SMILES string of the molecule is Cc1ccc(C(C)NC(=O)C2CC(O)CN2)o1. The molecule has 3 atom stereocenters. The van der Waals surface area contributed by atoms with Crippen LogP contribution in [0.15, 0.2) is 16.5 Å². The predicted octanol–water partition coefficient (Wildman–Crippen LogP) is 0.488. The molecule has 1 amide bonds. The number of hydrogen-bond donors (Lipinski definition) is 3. The molecule has 17 heavy (non-hydrogen) atoms. The summed E-state index contributed by atoms with van der Waals surface area (Å²) in [6, 6.07) is 3.27. The summed E-state index contributed by atoms with van der Waals surface area (Å²) in [6.45, 7) is 4.22. The summed E-state index contributed by atoms with van der Waals surface area (Å²) in [5.74, 6) is 1.48. The number of furan rings is 1. The van der Waals surface area contributed by atoms with Gasteiger partial charge in [-0.25, -0.2) is 0 Å². The number of β-amino-alcohol motifs (C(OH)–C–C–N with tert-alkyl or cyclic N) is 1. The molecule has 5 nitrogen and oxygen atoms in total. The lowest BCUT2D eigenvalue weighted by Gasteiger charge is -2.15. The Morgan fingerprint density at radius 2 is 2.41 bits per heavy atom. The third-order valence-corrected chi connectivity index (χ3v) is 2.97. The summed E-state index contributed by atoms with van der Waals surface area (Å²) in [4.78, 5) is 11.9. The highest BCUT2D eigenvalue weighted by Crippen LogP contribution is 2.16. The van der Waals surface area contributed by atoms with Crippen molar-refractivity contribution in [3.63, 3.8) is 0 Å². The average Bonchev–Trinajstić information content (AvgIpc) is 2.87. The van der Waals surface area contributed by atoms with Gasteiger partial charge in [0, 0.05) is 6.54 Å². The number of aryl methyl sites for hydroxylation is 1. The van der Waals surface area contributed by atoms with Crippen LogP contribution in [0.5, 0.6) is 0 Å². The number of amides is 1. The van der Waals surface area contributed by atoms with Crippen molar-refractivity contribution in [3.8, 4) is 0 Å². The number of carbonyl (C=O) groups excluding carboxylic acids is 1. The summed E-state index contributed by atoms with van der Waals surface area (Å²) in [5, 5.41) is 15.2. The standard InChI is InChI=1S/C12H18N2O3/c1-7-3-4-11(17-7)8(2)14-12(16)10-5-9(15)6-13-10/h3-4,8-10,13,15H,5-6H2,1-2H3,(H,14,16). The van der Waals surface area contributed by atoms with E-state index in [-0.39, 0.29) is 18.0 Å². The molecule has 0 bridgehead atoms. The highest BCUT2D eigenvalue weighted by atomic mass is 16.3. The number of nitrogens with one attached hydrogen (secondary N) is 2. The minimum atomic E-state index is -0.424. The molecule has 3 unspecified atom stereocenters. The molecule has 94 valence electrons. The Kier molecular flexibility index (Phi) is 3.49. The molecule has 0 aromatic carbocycles. The highest BCUT2D eigenvalue weighted by molar-refractivity contribution is 5.82. The van der Waals surface area contributed by atoms with Gasteiger partial charge in [-0.05, 0) is 32.4 Å². The van der Waals surface area contributed by atoms with Crippen molar-refractivity contribution in [1.82, 2.24) is 10.6 Å². The number of aliphatic hydroxyl groups excluding tert-OH is 1. The number of hydrogen-bond acceptors (Lipinski definition) is 4. The van der Waals surface area contributed by atoms with E-state index in [1.54, 1.807) is 0 Å². The topological polar surface area (TPSA) is 74.5 Å². The number of carbonyl (C=O) groups is 1. The molecule has 1 fully saturated rings. The van der Waals surface area contributed by atoms with Crippen molar-refractivity contribution in [3.05, 3.63) is 23.7 Å². The lowest BCUT2D eigenvalue weighted by molar-refractivity contribution is -0.123. The molecular formula is C12H18N2O3. The molecule has 2 rings (SSSR count). The maximum Gasteiger partial charge on any atom is 0.237 e. The molecule has 1 aromatic heterocycles. The Hall–Kier alpha value is -1.33. The van der Waals surface area contributed by atoms with Crippen LogP contribution in [0.2, 0.25) is 0 Å². The first kappa shape index (κ1) is 12.1. The van der Waals surface area contributed by atoms with E-state index in [2.05, 4.69) is 10.6 Å². The Balaban J connectivity index is 1.90. The predicted molar refractivity (Wildman–Crippen MR) is 62.4 cm³/mol. The molecule has 0 aliphatic carbocycles. The maximum atomic E-state index is 11.9. The quantitative estimate of drug-likeness (QED) is 0.716. The van der Waals surface area contributed by atoms with Gasteiger partial charge in [-0.1, -0.05) is 0 Å².